The molecule has 19 heavy (non-hydrogen) atoms. The summed E-state index contributed by atoms with van der Waals surface area (Å²) in [6, 6.07) is 0. The SMILES string of the molecule is CC(C)(C)c1csc(CNC(=O)C2(O)CCCC2)n1. The quantitative estimate of drug-likeness (QED) is 0.894. The lowest BCUT2D eigenvalue weighted by atomic mass is 9.93. The summed E-state index contributed by atoms with van der Waals surface area (Å²) in [6.45, 7) is 6.75. The van der Waals surface area contributed by atoms with Crippen molar-refractivity contribution in [2.24, 2.45) is 0 Å². The van der Waals surface area contributed by atoms with E-state index < -0.39 is 5.60 Å². The van der Waals surface area contributed by atoms with Gasteiger partial charge in [-0.05, 0) is 25.7 Å². The molecule has 1 saturated carbocycles. The summed E-state index contributed by atoms with van der Waals surface area (Å²) in [6.07, 6.45) is 3.00. The Kier molecular flexibility index (Phi) is 3.97. The first-order chi connectivity index (χ1) is 8.81. The molecule has 1 aromatic heterocycles. The molecule has 0 unspecified atom stereocenters. The summed E-state index contributed by atoms with van der Waals surface area (Å²) < 4.78 is 0. The van der Waals surface area contributed by atoms with Gasteiger partial charge in [0.1, 0.15) is 10.6 Å². The predicted octanol–water partition coefficient (Wildman–Crippen LogP) is 2.36. The first kappa shape index (κ1) is 14.5. The number of aromatic nitrogens is 1. The van der Waals surface area contributed by atoms with Crippen molar-refractivity contribution in [2.45, 2.75) is 64.0 Å². The molecule has 0 radical (unpaired) electrons. The van der Waals surface area contributed by atoms with Crippen molar-refractivity contribution in [3.8, 4) is 0 Å². The molecule has 1 aliphatic rings. The number of hydrogen-bond donors (Lipinski definition) is 2. The van der Waals surface area contributed by atoms with E-state index >= 15 is 0 Å². The van der Waals surface area contributed by atoms with Gasteiger partial charge in [0.25, 0.3) is 5.91 Å². The first-order valence-corrected chi connectivity index (χ1v) is 7.65. The molecule has 2 rings (SSSR count). The molecule has 0 atom stereocenters. The van der Waals surface area contributed by atoms with Gasteiger partial charge in [0.15, 0.2) is 0 Å². The van der Waals surface area contributed by atoms with Gasteiger partial charge < -0.3 is 10.4 Å². The van der Waals surface area contributed by atoms with Crippen molar-refractivity contribution in [3.63, 3.8) is 0 Å². The summed E-state index contributed by atoms with van der Waals surface area (Å²) in [4.78, 5) is 16.5. The van der Waals surface area contributed by atoms with Gasteiger partial charge in [-0.15, -0.1) is 11.3 Å². The number of amides is 1. The van der Waals surface area contributed by atoms with Crippen molar-refractivity contribution in [1.29, 1.82) is 0 Å². The topological polar surface area (TPSA) is 62.2 Å². The molecule has 1 fully saturated rings. The molecule has 106 valence electrons. The Morgan fingerprint density at radius 1 is 1.47 bits per heavy atom. The molecule has 0 spiro atoms. The Hall–Kier alpha value is -0.940. The molecule has 0 aromatic carbocycles. The van der Waals surface area contributed by atoms with Crippen LogP contribution in [0.15, 0.2) is 5.38 Å². The van der Waals surface area contributed by atoms with Crippen LogP contribution in [0.2, 0.25) is 0 Å². The van der Waals surface area contributed by atoms with Crippen molar-refractivity contribution in [1.82, 2.24) is 10.3 Å². The van der Waals surface area contributed by atoms with E-state index in [2.05, 4.69) is 31.1 Å². The Morgan fingerprint density at radius 3 is 2.63 bits per heavy atom. The largest absolute Gasteiger partial charge is 0.380 e. The summed E-state index contributed by atoms with van der Waals surface area (Å²) in [5, 5.41) is 15.9. The third kappa shape index (κ3) is 3.34. The van der Waals surface area contributed by atoms with Crippen molar-refractivity contribution in [2.75, 3.05) is 0 Å². The molecule has 0 saturated heterocycles. The van der Waals surface area contributed by atoms with Gasteiger partial charge in [0.2, 0.25) is 0 Å². The van der Waals surface area contributed by atoms with E-state index in [1.165, 1.54) is 0 Å². The highest BCUT2D eigenvalue weighted by Gasteiger charge is 2.38. The average Bonchev–Trinajstić information content (AvgIpc) is 2.94. The van der Waals surface area contributed by atoms with Gasteiger partial charge in [-0.3, -0.25) is 4.79 Å². The van der Waals surface area contributed by atoms with Crippen LogP contribution >= 0.6 is 11.3 Å². The Morgan fingerprint density at radius 2 is 2.11 bits per heavy atom. The van der Waals surface area contributed by atoms with E-state index in [1.807, 2.05) is 5.38 Å². The van der Waals surface area contributed by atoms with Gasteiger partial charge in [-0.25, -0.2) is 4.98 Å². The highest BCUT2D eigenvalue weighted by molar-refractivity contribution is 7.09. The van der Waals surface area contributed by atoms with Gasteiger partial charge >= 0.3 is 0 Å². The van der Waals surface area contributed by atoms with Gasteiger partial charge in [0.05, 0.1) is 12.2 Å². The van der Waals surface area contributed by atoms with E-state index in [9.17, 15) is 9.90 Å². The zero-order chi connectivity index (χ0) is 14.1. The fourth-order valence-electron chi connectivity index (χ4n) is 2.24. The number of nitrogens with one attached hydrogen (secondary N) is 1. The highest BCUT2D eigenvalue weighted by atomic mass is 32.1. The molecule has 1 heterocycles. The number of hydrogen-bond acceptors (Lipinski definition) is 4. The average molecular weight is 282 g/mol. The second-order valence-electron chi connectivity index (χ2n) is 6.30. The van der Waals surface area contributed by atoms with Crippen LogP contribution in [0.25, 0.3) is 0 Å². The van der Waals surface area contributed by atoms with Crippen LogP contribution in [0.5, 0.6) is 0 Å². The standard InChI is InChI=1S/C14H22N2O2S/c1-13(2,3)10-9-19-11(16-10)8-15-12(17)14(18)6-4-5-7-14/h9,18H,4-8H2,1-3H3,(H,15,17). The predicted molar refractivity (Wildman–Crippen MR) is 76.1 cm³/mol. The second-order valence-corrected chi connectivity index (χ2v) is 7.24. The molecular formula is C14H22N2O2S. The van der Waals surface area contributed by atoms with Crippen molar-refractivity contribution < 1.29 is 9.90 Å². The first-order valence-electron chi connectivity index (χ1n) is 6.77. The third-order valence-corrected chi connectivity index (χ3v) is 4.42. The maximum Gasteiger partial charge on any atom is 0.252 e. The number of thiazole rings is 1. The van der Waals surface area contributed by atoms with Crippen LogP contribution in [-0.4, -0.2) is 21.6 Å². The summed E-state index contributed by atoms with van der Waals surface area (Å²) in [7, 11) is 0. The van der Waals surface area contributed by atoms with E-state index in [1.54, 1.807) is 11.3 Å². The molecule has 2 N–H and O–H groups in total. The Balaban J connectivity index is 1.92. The van der Waals surface area contributed by atoms with E-state index in [-0.39, 0.29) is 11.3 Å². The summed E-state index contributed by atoms with van der Waals surface area (Å²) >= 11 is 1.55. The minimum absolute atomic E-state index is 0.0302. The minimum Gasteiger partial charge on any atom is -0.380 e. The van der Waals surface area contributed by atoms with Gasteiger partial charge in [0, 0.05) is 10.8 Å². The van der Waals surface area contributed by atoms with Gasteiger partial charge in [-0.2, -0.15) is 0 Å². The van der Waals surface area contributed by atoms with E-state index in [4.69, 9.17) is 0 Å². The molecule has 4 nitrogen and oxygen atoms in total. The Bertz CT molecular complexity index is 456. The fraction of sp³-hybridized carbons (Fsp3) is 0.714. The maximum atomic E-state index is 12.0. The number of nitrogens with zero attached hydrogens (tertiary/aromatic N) is 1. The number of aliphatic hydroxyl groups is 1. The lowest BCUT2D eigenvalue weighted by molar-refractivity contribution is -0.139. The molecule has 0 aliphatic heterocycles. The highest BCUT2D eigenvalue weighted by Crippen LogP contribution is 2.29. The van der Waals surface area contributed by atoms with Crippen molar-refractivity contribution >= 4 is 17.2 Å². The molecule has 1 aliphatic carbocycles. The number of carbonyl (C=O) groups is 1. The molecular weight excluding hydrogens is 260 g/mol. The number of carbonyl (C=O) groups excluding carboxylic acids is 1. The smallest absolute Gasteiger partial charge is 0.252 e. The minimum atomic E-state index is -1.15. The maximum absolute atomic E-state index is 12.0. The third-order valence-electron chi connectivity index (χ3n) is 3.57. The second kappa shape index (κ2) is 5.21. The van der Waals surface area contributed by atoms with Crippen LogP contribution in [0, 0.1) is 0 Å². The molecule has 0 bridgehead atoms. The van der Waals surface area contributed by atoms with E-state index in [0.29, 0.717) is 19.4 Å². The zero-order valence-electron chi connectivity index (χ0n) is 11.8. The summed E-state index contributed by atoms with van der Waals surface area (Å²) in [5.41, 5.74) is -0.0756. The fourth-order valence-corrected chi connectivity index (χ4v) is 3.20. The molecule has 1 aromatic rings. The Labute approximate surface area is 118 Å². The van der Waals surface area contributed by atoms with Crippen molar-refractivity contribution in [3.05, 3.63) is 16.1 Å². The summed E-state index contributed by atoms with van der Waals surface area (Å²) in [5.74, 6) is -0.252. The van der Waals surface area contributed by atoms with E-state index in [0.717, 1.165) is 23.5 Å². The zero-order valence-corrected chi connectivity index (χ0v) is 12.6. The monoisotopic (exact) mass is 282 g/mol. The van der Waals surface area contributed by atoms with Crippen LogP contribution in [-0.2, 0) is 16.8 Å². The van der Waals surface area contributed by atoms with Crippen LogP contribution in [0.3, 0.4) is 0 Å². The lowest BCUT2D eigenvalue weighted by Gasteiger charge is -2.20. The van der Waals surface area contributed by atoms with Crippen LogP contribution < -0.4 is 5.32 Å². The van der Waals surface area contributed by atoms with Gasteiger partial charge in [-0.1, -0.05) is 20.8 Å². The van der Waals surface area contributed by atoms with Crippen LogP contribution in [0.1, 0.15) is 57.2 Å². The normalized spacial score (nSPS) is 18.5. The molecule has 1 amide bonds. The number of rotatable bonds is 3. The molecule has 5 heteroatoms. The lowest BCUT2D eigenvalue weighted by Crippen LogP contribution is -2.44. The van der Waals surface area contributed by atoms with Crippen LogP contribution in [0.4, 0.5) is 0 Å².